The third-order valence-corrected chi connectivity index (χ3v) is 4.93. The second kappa shape index (κ2) is 4.67. The molecule has 3 nitrogen and oxygen atoms in total. The van der Waals surface area contributed by atoms with Gasteiger partial charge in [-0.2, -0.15) is 0 Å². The highest BCUT2D eigenvalue weighted by molar-refractivity contribution is 7.20. The Morgan fingerprint density at radius 3 is 2.81 bits per heavy atom. The Morgan fingerprint density at radius 1 is 1.19 bits per heavy atom. The highest BCUT2D eigenvalue weighted by Gasteiger charge is 2.32. The normalized spacial score (nSPS) is 17.2. The van der Waals surface area contributed by atoms with Crippen molar-refractivity contribution in [2.45, 2.75) is 19.4 Å². The van der Waals surface area contributed by atoms with Crippen molar-refractivity contribution < 1.29 is 4.79 Å². The van der Waals surface area contributed by atoms with E-state index in [1.54, 1.807) is 0 Å². The zero-order valence-corrected chi connectivity index (χ0v) is 12.4. The fourth-order valence-corrected chi connectivity index (χ4v) is 3.84. The van der Waals surface area contributed by atoms with Gasteiger partial charge in [-0.25, -0.2) is 4.98 Å². The van der Waals surface area contributed by atoms with Gasteiger partial charge in [0.15, 0.2) is 5.01 Å². The summed E-state index contributed by atoms with van der Waals surface area (Å²) >= 11 is 1.47. The van der Waals surface area contributed by atoms with E-state index < -0.39 is 0 Å². The van der Waals surface area contributed by atoms with Crippen LogP contribution in [0.1, 0.15) is 22.3 Å². The zero-order chi connectivity index (χ0) is 14.4. The summed E-state index contributed by atoms with van der Waals surface area (Å²) in [6.45, 7) is 2.09. The number of benzene rings is 2. The van der Waals surface area contributed by atoms with Crippen molar-refractivity contribution in [3.8, 4) is 0 Å². The van der Waals surface area contributed by atoms with Crippen LogP contribution in [0.5, 0.6) is 0 Å². The third kappa shape index (κ3) is 1.94. The molecule has 1 atom stereocenters. The largest absolute Gasteiger partial charge is 0.303 e. The minimum atomic E-state index is 0.00801. The monoisotopic (exact) mass is 294 g/mol. The van der Waals surface area contributed by atoms with Crippen LogP contribution in [0.4, 0.5) is 5.69 Å². The second-order valence-electron chi connectivity index (χ2n) is 5.34. The van der Waals surface area contributed by atoms with Gasteiger partial charge in [0, 0.05) is 11.7 Å². The van der Waals surface area contributed by atoms with Gasteiger partial charge in [0.25, 0.3) is 5.91 Å². The lowest BCUT2D eigenvalue weighted by Gasteiger charge is -2.21. The Balaban J connectivity index is 1.77. The van der Waals surface area contributed by atoms with Crippen LogP contribution >= 0.6 is 11.3 Å². The SMILES string of the molecule is C[C@H]1Cc2ccccc2N1C(=O)c1nc2ccccc2s1. The molecule has 0 radical (unpaired) electrons. The van der Waals surface area contributed by atoms with Gasteiger partial charge in [-0.1, -0.05) is 30.3 Å². The van der Waals surface area contributed by atoms with Gasteiger partial charge in [0.2, 0.25) is 0 Å². The maximum atomic E-state index is 12.9. The molecule has 4 rings (SSSR count). The van der Waals surface area contributed by atoms with Crippen molar-refractivity contribution in [2.75, 3.05) is 4.90 Å². The van der Waals surface area contributed by atoms with E-state index in [4.69, 9.17) is 0 Å². The maximum Gasteiger partial charge on any atom is 0.287 e. The van der Waals surface area contributed by atoms with Crippen LogP contribution in [0.3, 0.4) is 0 Å². The summed E-state index contributed by atoms with van der Waals surface area (Å²) in [5, 5.41) is 0.569. The number of rotatable bonds is 1. The molecule has 4 heteroatoms. The number of anilines is 1. The predicted octanol–water partition coefficient (Wildman–Crippen LogP) is 3.89. The van der Waals surface area contributed by atoms with Crippen LogP contribution in [0, 0.1) is 0 Å². The van der Waals surface area contributed by atoms with E-state index in [2.05, 4.69) is 18.0 Å². The highest BCUT2D eigenvalue weighted by Crippen LogP contribution is 2.34. The predicted molar refractivity (Wildman–Crippen MR) is 86.0 cm³/mol. The van der Waals surface area contributed by atoms with Crippen molar-refractivity contribution in [1.82, 2.24) is 4.98 Å². The number of fused-ring (bicyclic) bond motifs is 2. The summed E-state index contributed by atoms with van der Waals surface area (Å²) in [7, 11) is 0. The van der Waals surface area contributed by atoms with Gasteiger partial charge >= 0.3 is 0 Å². The van der Waals surface area contributed by atoms with Gasteiger partial charge in [-0.3, -0.25) is 4.79 Å². The van der Waals surface area contributed by atoms with Gasteiger partial charge in [-0.05, 0) is 37.1 Å². The number of hydrogen-bond donors (Lipinski definition) is 0. The molecular formula is C17H14N2OS. The van der Waals surface area contributed by atoms with Crippen molar-refractivity contribution in [1.29, 1.82) is 0 Å². The molecule has 0 unspecified atom stereocenters. The summed E-state index contributed by atoms with van der Waals surface area (Å²) in [4.78, 5) is 19.2. The van der Waals surface area contributed by atoms with Crippen LogP contribution in [0.15, 0.2) is 48.5 Å². The third-order valence-electron chi connectivity index (χ3n) is 3.90. The molecule has 0 bridgehead atoms. The molecule has 1 aliphatic heterocycles. The molecule has 0 spiro atoms. The smallest absolute Gasteiger partial charge is 0.287 e. The Morgan fingerprint density at radius 2 is 1.95 bits per heavy atom. The molecule has 1 aromatic heterocycles. The maximum absolute atomic E-state index is 12.9. The number of thiazole rings is 1. The molecule has 1 amide bonds. The lowest BCUT2D eigenvalue weighted by molar-refractivity contribution is 0.0981. The van der Waals surface area contributed by atoms with E-state index in [0.29, 0.717) is 5.01 Å². The van der Waals surface area contributed by atoms with E-state index >= 15 is 0 Å². The summed E-state index contributed by atoms with van der Waals surface area (Å²) in [5.74, 6) is 0.00801. The van der Waals surface area contributed by atoms with Gasteiger partial charge < -0.3 is 4.90 Å². The molecule has 2 heterocycles. The number of para-hydroxylation sites is 2. The Bertz CT molecular complexity index is 806. The lowest BCUT2D eigenvalue weighted by Crippen LogP contribution is -2.35. The zero-order valence-electron chi connectivity index (χ0n) is 11.6. The Kier molecular flexibility index (Phi) is 2.79. The molecule has 3 aromatic rings. The first-order valence-electron chi connectivity index (χ1n) is 7.01. The van der Waals surface area contributed by atoms with Gasteiger partial charge in [0.05, 0.1) is 10.2 Å². The molecule has 0 saturated heterocycles. The molecule has 104 valence electrons. The summed E-state index contributed by atoms with van der Waals surface area (Å²) in [6, 6.07) is 16.2. The first-order valence-corrected chi connectivity index (χ1v) is 7.83. The van der Waals surface area contributed by atoms with Crippen LogP contribution < -0.4 is 4.90 Å². The number of aromatic nitrogens is 1. The van der Waals surface area contributed by atoms with Crippen molar-refractivity contribution >= 4 is 33.1 Å². The fourth-order valence-electron chi connectivity index (χ4n) is 2.94. The first-order chi connectivity index (χ1) is 10.2. The van der Waals surface area contributed by atoms with Gasteiger partial charge in [-0.15, -0.1) is 11.3 Å². The molecule has 0 N–H and O–H groups in total. The van der Waals surface area contributed by atoms with Crippen LogP contribution in [0.2, 0.25) is 0 Å². The minimum Gasteiger partial charge on any atom is -0.303 e. The number of nitrogens with zero attached hydrogens (tertiary/aromatic N) is 2. The minimum absolute atomic E-state index is 0.00801. The van der Waals surface area contributed by atoms with E-state index in [1.165, 1.54) is 16.9 Å². The first kappa shape index (κ1) is 12.5. The van der Waals surface area contributed by atoms with Crippen LogP contribution in [-0.4, -0.2) is 16.9 Å². The second-order valence-corrected chi connectivity index (χ2v) is 6.37. The number of hydrogen-bond acceptors (Lipinski definition) is 3. The Labute approximate surface area is 126 Å². The molecule has 0 fully saturated rings. The molecule has 1 aliphatic rings. The summed E-state index contributed by atoms with van der Waals surface area (Å²) < 4.78 is 1.06. The van der Waals surface area contributed by atoms with E-state index in [0.717, 1.165) is 22.3 Å². The van der Waals surface area contributed by atoms with Crippen LogP contribution in [-0.2, 0) is 6.42 Å². The number of carbonyl (C=O) groups excluding carboxylic acids is 1. The standard InChI is InChI=1S/C17H14N2OS/c1-11-10-12-6-2-4-8-14(12)19(11)17(20)16-18-13-7-3-5-9-15(13)21-16/h2-9,11H,10H2,1H3/t11-/m0/s1. The summed E-state index contributed by atoms with van der Waals surface area (Å²) in [6.07, 6.45) is 0.910. The molecule has 2 aromatic carbocycles. The highest BCUT2D eigenvalue weighted by atomic mass is 32.1. The average Bonchev–Trinajstić information content (AvgIpc) is 3.06. The van der Waals surface area contributed by atoms with Crippen molar-refractivity contribution in [2.24, 2.45) is 0 Å². The number of amides is 1. The van der Waals surface area contributed by atoms with E-state index in [-0.39, 0.29) is 11.9 Å². The molecular weight excluding hydrogens is 280 g/mol. The van der Waals surface area contributed by atoms with Crippen LogP contribution in [0.25, 0.3) is 10.2 Å². The molecule has 0 aliphatic carbocycles. The topological polar surface area (TPSA) is 33.2 Å². The van der Waals surface area contributed by atoms with Gasteiger partial charge in [0.1, 0.15) is 0 Å². The molecule has 21 heavy (non-hydrogen) atoms. The Hall–Kier alpha value is -2.20. The number of carbonyl (C=O) groups is 1. The van der Waals surface area contributed by atoms with Crippen molar-refractivity contribution in [3.63, 3.8) is 0 Å². The van der Waals surface area contributed by atoms with E-state index in [9.17, 15) is 4.79 Å². The fraction of sp³-hybridized carbons (Fsp3) is 0.176. The van der Waals surface area contributed by atoms with E-state index in [1.807, 2.05) is 47.4 Å². The lowest BCUT2D eigenvalue weighted by atomic mass is 10.1. The summed E-state index contributed by atoms with van der Waals surface area (Å²) in [5.41, 5.74) is 3.15. The average molecular weight is 294 g/mol. The molecule has 0 saturated carbocycles. The quantitative estimate of drug-likeness (QED) is 0.682. The van der Waals surface area contributed by atoms with Crippen molar-refractivity contribution in [3.05, 3.63) is 59.1 Å².